The van der Waals surface area contributed by atoms with E-state index in [4.69, 9.17) is 24.1 Å². The van der Waals surface area contributed by atoms with E-state index < -0.39 is 0 Å². The summed E-state index contributed by atoms with van der Waals surface area (Å²) in [5.74, 6) is -1.03. The summed E-state index contributed by atoms with van der Waals surface area (Å²) in [6.07, 6.45) is 7.95. The molecule has 1 heterocycles. The van der Waals surface area contributed by atoms with Gasteiger partial charge in [0.2, 0.25) is 0 Å². The second kappa shape index (κ2) is 29.8. The summed E-state index contributed by atoms with van der Waals surface area (Å²) in [5, 5.41) is 12.4. The third-order valence-corrected chi connectivity index (χ3v) is 7.91. The van der Waals surface area contributed by atoms with Crippen LogP contribution in [0, 0.1) is 0 Å². The highest BCUT2D eigenvalue weighted by molar-refractivity contribution is 5.70. The molecule has 0 amide bonds. The minimum absolute atomic E-state index is 0.143. The van der Waals surface area contributed by atoms with E-state index in [2.05, 4.69) is 27.1 Å². The summed E-state index contributed by atoms with van der Waals surface area (Å²) in [6, 6.07) is 0. The molecule has 1 aliphatic heterocycles. The smallest absolute Gasteiger partial charge is 0.307 e. The Hall–Kier alpha value is -2.32. The number of piperazine rings is 1. The van der Waals surface area contributed by atoms with E-state index in [0.29, 0.717) is 77.9 Å². The van der Waals surface area contributed by atoms with Crippen LogP contribution in [0.5, 0.6) is 0 Å². The quantitative estimate of drug-likeness (QED) is 0.0655. The van der Waals surface area contributed by atoms with E-state index in [1.54, 1.807) is 0 Å². The maximum atomic E-state index is 12.3. The maximum absolute atomic E-state index is 12.3. The summed E-state index contributed by atoms with van der Waals surface area (Å²) >= 11 is 0. The van der Waals surface area contributed by atoms with E-state index in [1.807, 2.05) is 6.92 Å². The zero-order valence-electron chi connectivity index (χ0n) is 29.4. The van der Waals surface area contributed by atoms with Crippen LogP contribution in [0.1, 0.15) is 90.4 Å². The number of esters is 4. The van der Waals surface area contributed by atoms with Gasteiger partial charge in [0.05, 0.1) is 45.7 Å². The summed E-state index contributed by atoms with van der Waals surface area (Å²) < 4.78 is 21.0. The molecule has 1 rings (SSSR count). The van der Waals surface area contributed by atoms with Crippen molar-refractivity contribution in [2.75, 3.05) is 106 Å². The number of rotatable bonds is 30. The van der Waals surface area contributed by atoms with E-state index >= 15 is 0 Å². The number of hydrogen-bond acceptors (Lipinski definition) is 13. The molecular formula is C34H64N4O9. The molecule has 0 spiro atoms. The molecule has 0 unspecified atom stereocenters. The number of likely N-dealkylation sites (N-methyl/N-ethyl adjacent to an activating group) is 1. The molecule has 0 atom stereocenters. The van der Waals surface area contributed by atoms with Gasteiger partial charge in [-0.2, -0.15) is 0 Å². The summed E-state index contributed by atoms with van der Waals surface area (Å²) in [4.78, 5) is 54.7. The molecule has 0 radical (unpaired) electrons. The molecule has 1 fully saturated rings. The number of hydrogen-bond donors (Lipinski definition) is 2. The van der Waals surface area contributed by atoms with Crippen molar-refractivity contribution in [2.45, 2.75) is 90.4 Å². The fraction of sp³-hybridized carbons (Fsp3) is 0.882. The van der Waals surface area contributed by atoms with Gasteiger partial charge in [0.15, 0.2) is 0 Å². The Morgan fingerprint density at radius 2 is 1.13 bits per heavy atom. The molecule has 0 aliphatic carbocycles. The molecule has 0 saturated carbocycles. The molecule has 1 saturated heterocycles. The van der Waals surface area contributed by atoms with Gasteiger partial charge >= 0.3 is 23.9 Å². The van der Waals surface area contributed by atoms with Gasteiger partial charge < -0.3 is 44.1 Å². The number of aliphatic hydroxyl groups excluding tert-OH is 1. The molecule has 47 heavy (non-hydrogen) atoms. The number of carbonyl (C=O) groups excluding carboxylic acids is 4. The Kier molecular flexibility index (Phi) is 27.1. The van der Waals surface area contributed by atoms with E-state index in [0.717, 1.165) is 71.4 Å². The lowest BCUT2D eigenvalue weighted by Gasteiger charge is -2.32. The van der Waals surface area contributed by atoms with Gasteiger partial charge in [0.1, 0.15) is 0 Å². The van der Waals surface area contributed by atoms with Crippen LogP contribution >= 0.6 is 0 Å². The van der Waals surface area contributed by atoms with Gasteiger partial charge in [0, 0.05) is 58.8 Å². The second-order valence-corrected chi connectivity index (χ2v) is 12.2. The summed E-state index contributed by atoms with van der Waals surface area (Å²) in [5.41, 5.74) is 0. The molecule has 274 valence electrons. The Labute approximate surface area is 283 Å². The molecule has 1 aliphatic rings. The average Bonchev–Trinajstić information content (AvgIpc) is 3.06. The van der Waals surface area contributed by atoms with Gasteiger partial charge in [0.25, 0.3) is 0 Å². The number of nitrogens with one attached hydrogen (secondary N) is 1. The van der Waals surface area contributed by atoms with E-state index in [1.165, 1.54) is 0 Å². The van der Waals surface area contributed by atoms with Crippen LogP contribution in [0.15, 0.2) is 0 Å². The lowest BCUT2D eigenvalue weighted by molar-refractivity contribution is -0.147. The fourth-order valence-corrected chi connectivity index (χ4v) is 4.92. The predicted molar refractivity (Wildman–Crippen MR) is 180 cm³/mol. The van der Waals surface area contributed by atoms with E-state index in [-0.39, 0.29) is 56.5 Å². The van der Waals surface area contributed by atoms with Gasteiger partial charge in [-0.15, -0.1) is 0 Å². The topological polar surface area (TPSA) is 147 Å². The molecule has 0 aromatic rings. The zero-order chi connectivity index (χ0) is 34.4. The van der Waals surface area contributed by atoms with Crippen molar-refractivity contribution in [3.63, 3.8) is 0 Å². The fourth-order valence-electron chi connectivity index (χ4n) is 4.92. The lowest BCUT2D eigenvalue weighted by Crippen LogP contribution is -2.45. The normalized spacial score (nSPS) is 13.9. The minimum atomic E-state index is -0.303. The minimum Gasteiger partial charge on any atom is -0.466 e. The van der Waals surface area contributed by atoms with E-state index in [9.17, 15) is 19.2 Å². The van der Waals surface area contributed by atoms with Gasteiger partial charge in [-0.05, 0) is 84.5 Å². The molecule has 0 aromatic heterocycles. The Morgan fingerprint density at radius 1 is 0.617 bits per heavy atom. The Bertz CT molecular complexity index is 825. The molecule has 13 nitrogen and oxygen atoms in total. The first-order valence-corrected chi connectivity index (χ1v) is 17.9. The van der Waals surface area contributed by atoms with Crippen molar-refractivity contribution in [3.8, 4) is 0 Å². The van der Waals surface area contributed by atoms with Crippen LogP contribution in [-0.2, 0) is 38.1 Å². The van der Waals surface area contributed by atoms with Crippen molar-refractivity contribution in [3.05, 3.63) is 0 Å². The third kappa shape index (κ3) is 26.3. The third-order valence-electron chi connectivity index (χ3n) is 7.91. The largest absolute Gasteiger partial charge is 0.466 e. The standard InChI is InChI=1S/C34H64N4O9/c1-3-12-31(40)44-27-7-9-29-46-33(42)14-20-37(18-5-4-6-26-39)21-15-34(43)47-30-10-8-28-45-32(41)13-17-35-16-11-19-38-24-22-36(2)23-25-38/h35,39H,3-30H2,1-2H3. The van der Waals surface area contributed by atoms with Crippen LogP contribution in [0.2, 0.25) is 0 Å². The van der Waals surface area contributed by atoms with Gasteiger partial charge in [-0.3, -0.25) is 19.2 Å². The van der Waals surface area contributed by atoms with Gasteiger partial charge in [-0.1, -0.05) is 6.92 Å². The van der Waals surface area contributed by atoms with Gasteiger partial charge in [-0.25, -0.2) is 0 Å². The monoisotopic (exact) mass is 672 g/mol. The molecule has 0 aromatic carbocycles. The van der Waals surface area contributed by atoms with Crippen LogP contribution in [0.3, 0.4) is 0 Å². The lowest BCUT2D eigenvalue weighted by atomic mass is 10.2. The van der Waals surface area contributed by atoms with Crippen molar-refractivity contribution in [1.29, 1.82) is 0 Å². The van der Waals surface area contributed by atoms with Crippen molar-refractivity contribution >= 4 is 23.9 Å². The number of aliphatic hydroxyl groups is 1. The first-order chi connectivity index (χ1) is 22.8. The highest BCUT2D eigenvalue weighted by Gasteiger charge is 2.14. The Morgan fingerprint density at radius 3 is 1.64 bits per heavy atom. The maximum Gasteiger partial charge on any atom is 0.307 e. The first kappa shape index (κ1) is 42.7. The van der Waals surface area contributed by atoms with Crippen LogP contribution < -0.4 is 5.32 Å². The first-order valence-electron chi connectivity index (χ1n) is 17.9. The van der Waals surface area contributed by atoms with Crippen molar-refractivity contribution < 1.29 is 43.2 Å². The second-order valence-electron chi connectivity index (χ2n) is 12.2. The SMILES string of the molecule is CCCC(=O)OCCCCOC(=O)CCN(CCCCCO)CCC(=O)OCCCCOC(=O)CCNCCCN1CCN(C)CC1. The highest BCUT2D eigenvalue weighted by Crippen LogP contribution is 2.05. The van der Waals surface area contributed by atoms with Crippen molar-refractivity contribution in [2.24, 2.45) is 0 Å². The van der Waals surface area contributed by atoms with Crippen LogP contribution in [-0.4, -0.2) is 149 Å². The molecule has 2 N–H and O–H groups in total. The van der Waals surface area contributed by atoms with Crippen molar-refractivity contribution in [1.82, 2.24) is 20.0 Å². The van der Waals surface area contributed by atoms with Crippen LogP contribution in [0.4, 0.5) is 0 Å². The number of unbranched alkanes of at least 4 members (excludes halogenated alkanes) is 4. The summed E-state index contributed by atoms with van der Waals surface area (Å²) in [6.45, 7) is 12.0. The summed E-state index contributed by atoms with van der Waals surface area (Å²) in [7, 11) is 2.16. The molecular weight excluding hydrogens is 608 g/mol. The number of nitrogens with zero attached hydrogens (tertiary/aromatic N) is 3. The molecule has 13 heteroatoms. The average molecular weight is 673 g/mol. The van der Waals surface area contributed by atoms with Crippen LogP contribution in [0.25, 0.3) is 0 Å². The number of carbonyl (C=O) groups is 4. The predicted octanol–water partition coefficient (Wildman–Crippen LogP) is 2.38. The Balaban J connectivity index is 2.08. The number of ether oxygens (including phenoxy) is 4. The zero-order valence-corrected chi connectivity index (χ0v) is 29.4. The molecule has 0 bridgehead atoms. The highest BCUT2D eigenvalue weighted by atomic mass is 16.5.